The summed E-state index contributed by atoms with van der Waals surface area (Å²) >= 11 is 0. The van der Waals surface area contributed by atoms with Gasteiger partial charge >= 0.3 is 11.9 Å². The maximum absolute atomic E-state index is 11.4. The number of hydrogen-bond donors (Lipinski definition) is 0. The lowest BCUT2D eigenvalue weighted by Gasteiger charge is -2.22. The van der Waals surface area contributed by atoms with Gasteiger partial charge in [0.2, 0.25) is 0 Å². The number of esters is 2. The molecule has 0 aromatic rings. The fourth-order valence-electron chi connectivity index (χ4n) is 1.46. The van der Waals surface area contributed by atoms with Gasteiger partial charge in [0.15, 0.2) is 0 Å². The predicted octanol–water partition coefficient (Wildman–Crippen LogP) is 1.81. The summed E-state index contributed by atoms with van der Waals surface area (Å²) in [6.07, 6.45) is 2.70. The first-order valence-corrected chi connectivity index (χ1v) is 5.50. The molecule has 0 saturated carbocycles. The van der Waals surface area contributed by atoms with Crippen LogP contribution in [0.4, 0.5) is 0 Å². The highest BCUT2D eigenvalue weighted by molar-refractivity contribution is 5.73. The highest BCUT2D eigenvalue weighted by Gasteiger charge is 2.23. The van der Waals surface area contributed by atoms with Gasteiger partial charge in [-0.25, -0.2) is 0 Å². The maximum Gasteiger partial charge on any atom is 0.309 e. The van der Waals surface area contributed by atoms with Crippen LogP contribution in [0.5, 0.6) is 0 Å². The van der Waals surface area contributed by atoms with Crippen LogP contribution in [0.15, 0.2) is 0 Å². The van der Waals surface area contributed by atoms with E-state index in [4.69, 9.17) is 9.47 Å². The fourth-order valence-corrected chi connectivity index (χ4v) is 1.46. The molecule has 1 aliphatic heterocycles. The minimum atomic E-state index is -0.275. The Bertz CT molecular complexity index is 237. The van der Waals surface area contributed by atoms with E-state index in [-0.39, 0.29) is 30.6 Å². The molecule has 4 nitrogen and oxygen atoms in total. The summed E-state index contributed by atoms with van der Waals surface area (Å²) in [5.74, 6) is -0.480. The van der Waals surface area contributed by atoms with Crippen LogP contribution >= 0.6 is 0 Å². The van der Waals surface area contributed by atoms with Crippen molar-refractivity contribution in [1.29, 1.82) is 0 Å². The van der Waals surface area contributed by atoms with Gasteiger partial charge in [0.25, 0.3) is 0 Å². The molecule has 0 amide bonds. The Balaban J connectivity index is 2.27. The highest BCUT2D eigenvalue weighted by atomic mass is 16.6. The number of carbonyl (C=O) groups is 2. The molecule has 1 fully saturated rings. The van der Waals surface area contributed by atoms with Crippen molar-refractivity contribution in [2.45, 2.75) is 58.2 Å². The average Bonchev–Trinajstić information content (AvgIpc) is 2.17. The number of hydrogen-bond acceptors (Lipinski definition) is 4. The first-order valence-electron chi connectivity index (χ1n) is 5.50. The van der Waals surface area contributed by atoms with E-state index in [1.54, 1.807) is 0 Å². The summed E-state index contributed by atoms with van der Waals surface area (Å²) < 4.78 is 10.1. The largest absolute Gasteiger partial charge is 0.463 e. The molecule has 0 radical (unpaired) electrons. The van der Waals surface area contributed by atoms with E-state index in [1.165, 1.54) is 0 Å². The molecular weight excluding hydrogens is 196 g/mol. The zero-order valence-electron chi connectivity index (χ0n) is 9.32. The summed E-state index contributed by atoms with van der Waals surface area (Å²) in [4.78, 5) is 22.3. The van der Waals surface area contributed by atoms with E-state index in [0.717, 1.165) is 19.3 Å². The van der Waals surface area contributed by atoms with Crippen LogP contribution in [0.1, 0.15) is 46.0 Å². The van der Waals surface area contributed by atoms with E-state index < -0.39 is 0 Å². The molecular formula is C11H18O4. The summed E-state index contributed by atoms with van der Waals surface area (Å²) in [6, 6.07) is 0. The van der Waals surface area contributed by atoms with E-state index in [1.807, 2.05) is 13.8 Å². The Morgan fingerprint density at radius 2 is 2.40 bits per heavy atom. The summed E-state index contributed by atoms with van der Waals surface area (Å²) in [5.41, 5.74) is 0. The zero-order chi connectivity index (χ0) is 11.3. The Labute approximate surface area is 89.9 Å². The highest BCUT2D eigenvalue weighted by Crippen LogP contribution is 2.17. The quantitative estimate of drug-likeness (QED) is 0.670. The number of ether oxygens (including phenoxy) is 2. The molecule has 0 aromatic carbocycles. The number of rotatable bonds is 4. The lowest BCUT2D eigenvalue weighted by molar-refractivity contribution is -0.160. The van der Waals surface area contributed by atoms with Gasteiger partial charge in [-0.05, 0) is 26.2 Å². The second kappa shape index (κ2) is 5.73. The van der Waals surface area contributed by atoms with Crippen LogP contribution in [0.3, 0.4) is 0 Å². The SMILES string of the molecule is CCC(C)OC(=O)CC1CCCC(=O)O1. The molecule has 0 spiro atoms. The Kier molecular flexibility index (Phi) is 4.59. The second-order valence-corrected chi connectivity index (χ2v) is 3.92. The van der Waals surface area contributed by atoms with Gasteiger partial charge in [0.05, 0.1) is 12.5 Å². The smallest absolute Gasteiger partial charge is 0.309 e. The van der Waals surface area contributed by atoms with Crippen molar-refractivity contribution >= 4 is 11.9 Å². The molecule has 1 rings (SSSR count). The van der Waals surface area contributed by atoms with Gasteiger partial charge in [-0.3, -0.25) is 9.59 Å². The van der Waals surface area contributed by atoms with Crippen LogP contribution in [0.2, 0.25) is 0 Å². The molecule has 0 N–H and O–H groups in total. The van der Waals surface area contributed by atoms with E-state index >= 15 is 0 Å². The van der Waals surface area contributed by atoms with Crippen molar-refractivity contribution in [3.05, 3.63) is 0 Å². The van der Waals surface area contributed by atoms with Crippen LogP contribution in [0.25, 0.3) is 0 Å². The minimum Gasteiger partial charge on any atom is -0.463 e. The third-order valence-corrected chi connectivity index (χ3v) is 2.51. The van der Waals surface area contributed by atoms with Gasteiger partial charge < -0.3 is 9.47 Å². The lowest BCUT2D eigenvalue weighted by atomic mass is 10.1. The van der Waals surface area contributed by atoms with Gasteiger partial charge in [-0.2, -0.15) is 0 Å². The van der Waals surface area contributed by atoms with Crippen LogP contribution < -0.4 is 0 Å². The summed E-state index contributed by atoms with van der Waals surface area (Å²) in [5, 5.41) is 0. The van der Waals surface area contributed by atoms with Crippen molar-refractivity contribution < 1.29 is 19.1 Å². The number of carbonyl (C=O) groups excluding carboxylic acids is 2. The number of cyclic esters (lactones) is 1. The van der Waals surface area contributed by atoms with Crippen molar-refractivity contribution in [1.82, 2.24) is 0 Å². The topological polar surface area (TPSA) is 52.6 Å². The molecule has 1 heterocycles. The molecule has 2 atom stereocenters. The standard InChI is InChI=1S/C11H18O4/c1-3-8(2)14-11(13)7-9-5-4-6-10(12)15-9/h8-9H,3-7H2,1-2H3. The average molecular weight is 214 g/mol. The molecule has 0 aliphatic carbocycles. The van der Waals surface area contributed by atoms with Crippen molar-refractivity contribution in [2.24, 2.45) is 0 Å². The predicted molar refractivity (Wildman–Crippen MR) is 54.2 cm³/mol. The Morgan fingerprint density at radius 3 is 3.00 bits per heavy atom. The molecule has 0 aromatic heterocycles. The zero-order valence-corrected chi connectivity index (χ0v) is 9.32. The normalized spacial score (nSPS) is 23.1. The van der Waals surface area contributed by atoms with Crippen molar-refractivity contribution in [2.75, 3.05) is 0 Å². The molecule has 4 heteroatoms. The molecule has 2 unspecified atom stereocenters. The molecule has 86 valence electrons. The van der Waals surface area contributed by atoms with Crippen molar-refractivity contribution in [3.8, 4) is 0 Å². The molecule has 0 bridgehead atoms. The van der Waals surface area contributed by atoms with Crippen LogP contribution in [-0.2, 0) is 19.1 Å². The first kappa shape index (κ1) is 12.0. The van der Waals surface area contributed by atoms with Crippen LogP contribution in [-0.4, -0.2) is 24.1 Å². The van der Waals surface area contributed by atoms with E-state index in [0.29, 0.717) is 6.42 Å². The monoisotopic (exact) mass is 214 g/mol. The van der Waals surface area contributed by atoms with Gasteiger partial charge in [-0.1, -0.05) is 6.92 Å². The van der Waals surface area contributed by atoms with E-state index in [9.17, 15) is 9.59 Å². The van der Waals surface area contributed by atoms with Crippen LogP contribution in [0, 0.1) is 0 Å². The summed E-state index contributed by atoms with van der Waals surface area (Å²) in [7, 11) is 0. The third-order valence-electron chi connectivity index (χ3n) is 2.51. The van der Waals surface area contributed by atoms with E-state index in [2.05, 4.69) is 0 Å². The maximum atomic E-state index is 11.4. The lowest BCUT2D eigenvalue weighted by Crippen LogP contribution is -2.27. The van der Waals surface area contributed by atoms with Crippen molar-refractivity contribution in [3.63, 3.8) is 0 Å². The Hall–Kier alpha value is -1.06. The minimum absolute atomic E-state index is 0.0585. The molecule has 1 aliphatic rings. The second-order valence-electron chi connectivity index (χ2n) is 3.92. The fraction of sp³-hybridized carbons (Fsp3) is 0.818. The van der Waals surface area contributed by atoms with Gasteiger partial charge in [0.1, 0.15) is 6.10 Å². The third kappa shape index (κ3) is 4.32. The van der Waals surface area contributed by atoms with Gasteiger partial charge in [0, 0.05) is 6.42 Å². The molecule has 15 heavy (non-hydrogen) atoms. The Morgan fingerprint density at radius 1 is 1.67 bits per heavy atom. The van der Waals surface area contributed by atoms with Gasteiger partial charge in [-0.15, -0.1) is 0 Å². The summed E-state index contributed by atoms with van der Waals surface area (Å²) in [6.45, 7) is 3.81. The first-order chi connectivity index (χ1) is 7.11. The molecule has 1 saturated heterocycles.